The molecule has 3 nitrogen and oxygen atoms in total. The molecule has 3 heteroatoms. The molecule has 0 saturated heterocycles. The van der Waals surface area contributed by atoms with Crippen LogP contribution < -0.4 is 4.74 Å². The quantitative estimate of drug-likeness (QED) is 0.873. The van der Waals surface area contributed by atoms with Gasteiger partial charge in [0.05, 0.1) is 0 Å². The van der Waals surface area contributed by atoms with Crippen molar-refractivity contribution in [3.8, 4) is 5.75 Å². The molecule has 0 bridgehead atoms. The summed E-state index contributed by atoms with van der Waals surface area (Å²) in [6.45, 7) is 9.31. The van der Waals surface area contributed by atoms with E-state index < -0.39 is 11.6 Å². The maximum atomic E-state index is 11.2. The van der Waals surface area contributed by atoms with Gasteiger partial charge in [-0.15, -0.1) is 0 Å². The monoisotopic (exact) mass is 236 g/mol. The Morgan fingerprint density at radius 1 is 1.29 bits per heavy atom. The number of carbonyl (C=O) groups is 1. The average molecular weight is 236 g/mol. The number of aliphatic carboxylic acids is 1. The zero-order chi connectivity index (χ0) is 13.2. The van der Waals surface area contributed by atoms with E-state index in [-0.39, 0.29) is 0 Å². The van der Waals surface area contributed by atoms with Crippen LogP contribution in [0.15, 0.2) is 12.1 Å². The number of ether oxygens (including phenoxy) is 1. The molecule has 1 aromatic carbocycles. The number of carboxylic acids is 1. The highest BCUT2D eigenvalue weighted by molar-refractivity contribution is 5.77. The van der Waals surface area contributed by atoms with Crippen molar-refractivity contribution in [1.29, 1.82) is 0 Å². The van der Waals surface area contributed by atoms with Crippen LogP contribution in [0.1, 0.15) is 37.0 Å². The number of hydrogen-bond donors (Lipinski definition) is 1. The summed E-state index contributed by atoms with van der Waals surface area (Å²) in [6.07, 6.45) is 0.426. The summed E-state index contributed by atoms with van der Waals surface area (Å²) < 4.78 is 5.73. The smallest absolute Gasteiger partial charge is 0.347 e. The highest BCUT2D eigenvalue weighted by atomic mass is 16.5. The Balaban J connectivity index is 3.15. The molecule has 0 aliphatic heterocycles. The third-order valence-corrected chi connectivity index (χ3v) is 3.06. The van der Waals surface area contributed by atoms with Crippen LogP contribution in [0.2, 0.25) is 0 Å². The van der Waals surface area contributed by atoms with E-state index in [9.17, 15) is 9.90 Å². The second-order valence-electron chi connectivity index (χ2n) is 4.72. The fraction of sp³-hybridized carbons (Fsp3) is 0.500. The fourth-order valence-corrected chi connectivity index (χ4v) is 1.82. The van der Waals surface area contributed by atoms with Crippen molar-refractivity contribution in [1.82, 2.24) is 0 Å². The van der Waals surface area contributed by atoms with E-state index in [0.29, 0.717) is 12.2 Å². The lowest BCUT2D eigenvalue weighted by Crippen LogP contribution is -2.41. The first-order chi connectivity index (χ1) is 7.80. The van der Waals surface area contributed by atoms with Crippen LogP contribution in [-0.2, 0) is 4.79 Å². The number of benzene rings is 1. The summed E-state index contributed by atoms with van der Waals surface area (Å²) in [5, 5.41) is 9.21. The number of carboxylic acid groups (broad SMARTS) is 1. The van der Waals surface area contributed by atoms with E-state index in [1.165, 1.54) is 0 Å². The molecule has 0 heterocycles. The molecule has 0 aliphatic rings. The Morgan fingerprint density at radius 2 is 1.76 bits per heavy atom. The minimum absolute atomic E-state index is 0.426. The van der Waals surface area contributed by atoms with Gasteiger partial charge < -0.3 is 9.84 Å². The van der Waals surface area contributed by atoms with Gasteiger partial charge in [0.1, 0.15) is 5.75 Å². The molecule has 0 aromatic heterocycles. The van der Waals surface area contributed by atoms with E-state index >= 15 is 0 Å². The Hall–Kier alpha value is -1.51. The molecular weight excluding hydrogens is 216 g/mol. The van der Waals surface area contributed by atoms with E-state index in [2.05, 4.69) is 0 Å². The van der Waals surface area contributed by atoms with Gasteiger partial charge >= 0.3 is 5.97 Å². The minimum Gasteiger partial charge on any atom is -0.478 e. The zero-order valence-electron chi connectivity index (χ0n) is 11.1. The van der Waals surface area contributed by atoms with Crippen molar-refractivity contribution in [2.24, 2.45) is 0 Å². The van der Waals surface area contributed by atoms with Gasteiger partial charge in [-0.05, 0) is 45.2 Å². The maximum absolute atomic E-state index is 11.2. The van der Waals surface area contributed by atoms with Gasteiger partial charge in [-0.3, -0.25) is 0 Å². The minimum atomic E-state index is -1.16. The molecule has 1 atom stereocenters. The molecule has 1 N–H and O–H groups in total. The highest BCUT2D eigenvalue weighted by Gasteiger charge is 2.34. The normalized spacial score (nSPS) is 14.2. The molecular formula is C14H20O3. The Labute approximate surface area is 102 Å². The number of aryl methyl sites for hydroxylation is 3. The molecule has 17 heavy (non-hydrogen) atoms. The second kappa shape index (κ2) is 4.78. The molecule has 1 aromatic rings. The summed E-state index contributed by atoms with van der Waals surface area (Å²) in [4.78, 5) is 11.2. The first-order valence-electron chi connectivity index (χ1n) is 5.80. The van der Waals surface area contributed by atoms with Gasteiger partial charge in [0, 0.05) is 0 Å². The molecule has 1 unspecified atom stereocenters. The van der Waals surface area contributed by atoms with Crippen LogP contribution in [-0.4, -0.2) is 16.7 Å². The number of hydrogen-bond acceptors (Lipinski definition) is 2. The van der Waals surface area contributed by atoms with Crippen LogP contribution in [0.3, 0.4) is 0 Å². The average Bonchev–Trinajstić information content (AvgIpc) is 2.22. The van der Waals surface area contributed by atoms with Crippen LogP contribution >= 0.6 is 0 Å². The summed E-state index contributed by atoms with van der Waals surface area (Å²) in [5.74, 6) is -0.248. The SMILES string of the molecule is CCC(C)(Oc1c(C)cc(C)cc1C)C(=O)O. The van der Waals surface area contributed by atoms with Crippen molar-refractivity contribution in [3.63, 3.8) is 0 Å². The largest absolute Gasteiger partial charge is 0.478 e. The van der Waals surface area contributed by atoms with Gasteiger partial charge in [0.2, 0.25) is 5.60 Å². The lowest BCUT2D eigenvalue weighted by atomic mass is 10.0. The Morgan fingerprint density at radius 3 is 2.12 bits per heavy atom. The van der Waals surface area contributed by atoms with E-state index in [4.69, 9.17) is 4.74 Å². The second-order valence-corrected chi connectivity index (χ2v) is 4.72. The summed E-state index contributed by atoms with van der Waals surface area (Å²) in [7, 11) is 0. The molecule has 0 fully saturated rings. The highest BCUT2D eigenvalue weighted by Crippen LogP contribution is 2.29. The summed E-state index contributed by atoms with van der Waals surface area (Å²) in [5.41, 5.74) is 1.94. The molecule has 0 radical (unpaired) electrons. The van der Waals surface area contributed by atoms with Gasteiger partial charge in [-0.2, -0.15) is 0 Å². The van der Waals surface area contributed by atoms with E-state index in [1.807, 2.05) is 39.8 Å². The molecule has 0 aliphatic carbocycles. The predicted octanol–water partition coefficient (Wildman–Crippen LogP) is 3.24. The van der Waals surface area contributed by atoms with Crippen LogP contribution in [0.4, 0.5) is 0 Å². The molecule has 1 rings (SSSR count). The van der Waals surface area contributed by atoms with Crippen molar-refractivity contribution >= 4 is 5.97 Å². The van der Waals surface area contributed by atoms with Crippen molar-refractivity contribution in [2.75, 3.05) is 0 Å². The van der Waals surface area contributed by atoms with E-state index in [0.717, 1.165) is 16.7 Å². The zero-order valence-corrected chi connectivity index (χ0v) is 11.1. The molecule has 0 amide bonds. The predicted molar refractivity (Wildman–Crippen MR) is 67.6 cm³/mol. The summed E-state index contributed by atoms with van der Waals surface area (Å²) >= 11 is 0. The lowest BCUT2D eigenvalue weighted by Gasteiger charge is -2.27. The van der Waals surface area contributed by atoms with Crippen LogP contribution in [0.5, 0.6) is 5.75 Å². The van der Waals surface area contributed by atoms with E-state index in [1.54, 1.807) is 6.92 Å². The molecule has 94 valence electrons. The topological polar surface area (TPSA) is 46.5 Å². The van der Waals surface area contributed by atoms with Crippen LogP contribution in [0, 0.1) is 20.8 Å². The van der Waals surface area contributed by atoms with Gasteiger partial charge in [-0.25, -0.2) is 4.79 Å². The van der Waals surface area contributed by atoms with Crippen molar-refractivity contribution < 1.29 is 14.6 Å². The molecule has 0 saturated carbocycles. The summed E-state index contributed by atoms with van der Waals surface area (Å²) in [6, 6.07) is 4.00. The third-order valence-electron chi connectivity index (χ3n) is 3.06. The van der Waals surface area contributed by atoms with Crippen molar-refractivity contribution in [3.05, 3.63) is 28.8 Å². The molecule has 0 spiro atoms. The standard InChI is InChI=1S/C14H20O3/c1-6-14(5,13(15)16)17-12-10(3)7-9(2)8-11(12)4/h7-8H,6H2,1-5H3,(H,15,16). The Kier molecular flexibility index (Phi) is 3.81. The number of rotatable bonds is 4. The third kappa shape index (κ3) is 2.78. The first-order valence-corrected chi connectivity index (χ1v) is 5.80. The fourth-order valence-electron chi connectivity index (χ4n) is 1.82. The van der Waals surface area contributed by atoms with Gasteiger partial charge in [0.15, 0.2) is 0 Å². The Bertz CT molecular complexity index is 414. The van der Waals surface area contributed by atoms with Gasteiger partial charge in [0.25, 0.3) is 0 Å². The van der Waals surface area contributed by atoms with Gasteiger partial charge in [-0.1, -0.05) is 24.6 Å². The van der Waals surface area contributed by atoms with Crippen molar-refractivity contribution in [2.45, 2.75) is 46.6 Å². The first kappa shape index (κ1) is 13.6. The lowest BCUT2D eigenvalue weighted by molar-refractivity contribution is -0.154. The van der Waals surface area contributed by atoms with Crippen LogP contribution in [0.25, 0.3) is 0 Å². The maximum Gasteiger partial charge on any atom is 0.347 e.